The van der Waals surface area contributed by atoms with Crippen molar-refractivity contribution in [3.05, 3.63) is 58.6 Å². The van der Waals surface area contributed by atoms with E-state index in [1.165, 1.54) is 11.1 Å². The quantitative estimate of drug-likeness (QED) is 0.870. The Hall–Kier alpha value is -1.51. The van der Waals surface area contributed by atoms with Crippen LogP contribution in [0.2, 0.25) is 5.02 Å². The molecule has 0 aromatic heterocycles. The van der Waals surface area contributed by atoms with Gasteiger partial charge in [0, 0.05) is 19.3 Å². The molecule has 0 amide bonds. The standard InChI is InChI=1S/C17H21ClN2/c1-4-19-12-14-8-9-17(16(18)11-14)20(3)15-7-5-6-13(2)10-15/h5-11,19H,4,12H2,1-3H3. The van der Waals surface area contributed by atoms with E-state index < -0.39 is 0 Å². The minimum absolute atomic E-state index is 0.782. The SMILES string of the molecule is CCNCc1ccc(N(C)c2cccc(C)c2)c(Cl)c1. The van der Waals surface area contributed by atoms with Crippen molar-refractivity contribution in [3.8, 4) is 0 Å². The Morgan fingerprint density at radius 1 is 1.15 bits per heavy atom. The van der Waals surface area contributed by atoms with Gasteiger partial charge in [0.2, 0.25) is 0 Å². The zero-order valence-electron chi connectivity index (χ0n) is 12.3. The zero-order chi connectivity index (χ0) is 14.5. The molecule has 2 rings (SSSR count). The Bertz CT molecular complexity index is 581. The molecule has 2 aromatic rings. The van der Waals surface area contributed by atoms with E-state index >= 15 is 0 Å². The number of nitrogens with zero attached hydrogens (tertiary/aromatic N) is 1. The highest BCUT2D eigenvalue weighted by molar-refractivity contribution is 6.33. The molecule has 0 saturated heterocycles. The molecular formula is C17H21ClN2. The van der Waals surface area contributed by atoms with Gasteiger partial charge in [-0.2, -0.15) is 0 Å². The third kappa shape index (κ3) is 3.53. The van der Waals surface area contributed by atoms with Gasteiger partial charge in [-0.05, 0) is 48.9 Å². The van der Waals surface area contributed by atoms with Gasteiger partial charge in [0.1, 0.15) is 0 Å². The highest BCUT2D eigenvalue weighted by Gasteiger charge is 2.09. The van der Waals surface area contributed by atoms with Gasteiger partial charge in [0.05, 0.1) is 10.7 Å². The van der Waals surface area contributed by atoms with Crippen LogP contribution in [0.15, 0.2) is 42.5 Å². The van der Waals surface area contributed by atoms with Gasteiger partial charge in [0.15, 0.2) is 0 Å². The highest BCUT2D eigenvalue weighted by atomic mass is 35.5. The lowest BCUT2D eigenvalue weighted by molar-refractivity contribution is 0.727. The predicted octanol–water partition coefficient (Wildman–Crippen LogP) is 4.53. The molecule has 0 radical (unpaired) electrons. The number of benzene rings is 2. The Labute approximate surface area is 126 Å². The first-order valence-electron chi connectivity index (χ1n) is 6.91. The van der Waals surface area contributed by atoms with Crippen LogP contribution in [0.3, 0.4) is 0 Å². The van der Waals surface area contributed by atoms with Gasteiger partial charge in [-0.15, -0.1) is 0 Å². The molecule has 0 bridgehead atoms. The van der Waals surface area contributed by atoms with E-state index in [1.54, 1.807) is 0 Å². The minimum atomic E-state index is 0.782. The summed E-state index contributed by atoms with van der Waals surface area (Å²) in [5.74, 6) is 0. The van der Waals surface area contributed by atoms with Gasteiger partial charge < -0.3 is 10.2 Å². The molecule has 1 N–H and O–H groups in total. The Morgan fingerprint density at radius 3 is 2.60 bits per heavy atom. The van der Waals surface area contributed by atoms with Crippen molar-refractivity contribution >= 4 is 23.0 Å². The summed E-state index contributed by atoms with van der Waals surface area (Å²) in [5, 5.41) is 4.09. The molecule has 0 fully saturated rings. The predicted molar refractivity (Wildman–Crippen MR) is 88.1 cm³/mol. The second kappa shape index (κ2) is 6.78. The third-order valence-corrected chi connectivity index (χ3v) is 3.64. The van der Waals surface area contributed by atoms with Gasteiger partial charge >= 0.3 is 0 Å². The Morgan fingerprint density at radius 2 is 1.95 bits per heavy atom. The number of anilines is 2. The molecule has 0 aliphatic heterocycles. The van der Waals surface area contributed by atoms with Crippen molar-refractivity contribution in [1.29, 1.82) is 0 Å². The lowest BCUT2D eigenvalue weighted by atomic mass is 10.1. The van der Waals surface area contributed by atoms with Gasteiger partial charge in [-0.25, -0.2) is 0 Å². The number of hydrogen-bond donors (Lipinski definition) is 1. The van der Waals surface area contributed by atoms with Crippen molar-refractivity contribution < 1.29 is 0 Å². The Balaban J connectivity index is 2.24. The molecule has 106 valence electrons. The maximum atomic E-state index is 6.42. The summed E-state index contributed by atoms with van der Waals surface area (Å²) in [6.07, 6.45) is 0. The van der Waals surface area contributed by atoms with Crippen molar-refractivity contribution in [2.45, 2.75) is 20.4 Å². The van der Waals surface area contributed by atoms with E-state index in [9.17, 15) is 0 Å². The number of rotatable bonds is 5. The zero-order valence-corrected chi connectivity index (χ0v) is 13.0. The molecule has 0 heterocycles. The van der Waals surface area contributed by atoms with E-state index in [0.717, 1.165) is 29.5 Å². The molecule has 20 heavy (non-hydrogen) atoms. The summed E-state index contributed by atoms with van der Waals surface area (Å²) >= 11 is 6.42. The number of aryl methyl sites for hydroxylation is 1. The van der Waals surface area contributed by atoms with Gasteiger partial charge in [0.25, 0.3) is 0 Å². The first kappa shape index (κ1) is 14.9. The van der Waals surface area contributed by atoms with Crippen LogP contribution >= 0.6 is 11.6 Å². The number of hydrogen-bond acceptors (Lipinski definition) is 2. The van der Waals surface area contributed by atoms with Crippen LogP contribution in [-0.4, -0.2) is 13.6 Å². The average molecular weight is 289 g/mol. The average Bonchev–Trinajstić information content (AvgIpc) is 2.44. The van der Waals surface area contributed by atoms with E-state index in [4.69, 9.17) is 11.6 Å². The summed E-state index contributed by atoms with van der Waals surface area (Å²) in [7, 11) is 2.04. The lowest BCUT2D eigenvalue weighted by Crippen LogP contribution is -2.13. The van der Waals surface area contributed by atoms with Crippen LogP contribution in [0, 0.1) is 6.92 Å². The molecule has 0 aliphatic rings. The van der Waals surface area contributed by atoms with Crippen molar-refractivity contribution in [2.24, 2.45) is 0 Å². The molecule has 3 heteroatoms. The maximum absolute atomic E-state index is 6.42. The lowest BCUT2D eigenvalue weighted by Gasteiger charge is -2.21. The fourth-order valence-electron chi connectivity index (χ4n) is 2.18. The third-order valence-electron chi connectivity index (χ3n) is 3.34. The van der Waals surface area contributed by atoms with Crippen molar-refractivity contribution in [2.75, 3.05) is 18.5 Å². The first-order chi connectivity index (χ1) is 9.61. The van der Waals surface area contributed by atoms with Crippen molar-refractivity contribution in [1.82, 2.24) is 5.32 Å². The number of nitrogens with one attached hydrogen (secondary N) is 1. The first-order valence-corrected chi connectivity index (χ1v) is 7.29. The maximum Gasteiger partial charge on any atom is 0.0646 e. The normalized spacial score (nSPS) is 10.6. The topological polar surface area (TPSA) is 15.3 Å². The molecule has 0 unspecified atom stereocenters. The Kier molecular flexibility index (Phi) is 5.05. The summed E-state index contributed by atoms with van der Waals surface area (Å²) < 4.78 is 0. The van der Waals surface area contributed by atoms with Crippen LogP contribution in [0.4, 0.5) is 11.4 Å². The van der Waals surface area contributed by atoms with Crippen LogP contribution in [-0.2, 0) is 6.54 Å². The van der Waals surface area contributed by atoms with Crippen LogP contribution in [0.5, 0.6) is 0 Å². The summed E-state index contributed by atoms with van der Waals surface area (Å²) in [6.45, 7) is 6.01. The fourth-order valence-corrected chi connectivity index (χ4v) is 2.51. The highest BCUT2D eigenvalue weighted by Crippen LogP contribution is 2.31. The minimum Gasteiger partial charge on any atom is -0.343 e. The van der Waals surface area contributed by atoms with Crippen molar-refractivity contribution in [3.63, 3.8) is 0 Å². The van der Waals surface area contributed by atoms with E-state index in [-0.39, 0.29) is 0 Å². The smallest absolute Gasteiger partial charge is 0.0646 e. The fraction of sp³-hybridized carbons (Fsp3) is 0.294. The number of halogens is 1. The second-order valence-electron chi connectivity index (χ2n) is 4.96. The summed E-state index contributed by atoms with van der Waals surface area (Å²) in [4.78, 5) is 2.12. The van der Waals surface area contributed by atoms with E-state index in [0.29, 0.717) is 0 Å². The largest absolute Gasteiger partial charge is 0.343 e. The van der Waals surface area contributed by atoms with Crippen LogP contribution < -0.4 is 10.2 Å². The summed E-state index contributed by atoms with van der Waals surface area (Å²) in [6, 6.07) is 14.6. The summed E-state index contributed by atoms with van der Waals surface area (Å²) in [5.41, 5.74) is 4.62. The molecule has 0 atom stereocenters. The van der Waals surface area contributed by atoms with Crippen LogP contribution in [0.1, 0.15) is 18.1 Å². The molecule has 2 aromatic carbocycles. The molecule has 2 nitrogen and oxygen atoms in total. The molecular weight excluding hydrogens is 268 g/mol. The van der Waals surface area contributed by atoms with Crippen LogP contribution in [0.25, 0.3) is 0 Å². The van der Waals surface area contributed by atoms with E-state index in [2.05, 4.69) is 60.5 Å². The van der Waals surface area contributed by atoms with Gasteiger partial charge in [-0.1, -0.05) is 36.7 Å². The molecule has 0 saturated carbocycles. The second-order valence-corrected chi connectivity index (χ2v) is 5.37. The monoisotopic (exact) mass is 288 g/mol. The van der Waals surface area contributed by atoms with E-state index in [1.807, 2.05) is 13.1 Å². The van der Waals surface area contributed by atoms with Gasteiger partial charge in [-0.3, -0.25) is 0 Å². The molecule has 0 aliphatic carbocycles. The molecule has 0 spiro atoms.